The van der Waals surface area contributed by atoms with Gasteiger partial charge in [-0.25, -0.2) is 8.78 Å². The van der Waals surface area contributed by atoms with Gasteiger partial charge >= 0.3 is 6.11 Å². The van der Waals surface area contributed by atoms with Gasteiger partial charge in [-0.05, 0) is 113 Å². The lowest BCUT2D eigenvalue weighted by Crippen LogP contribution is -2.24. The van der Waals surface area contributed by atoms with Crippen molar-refractivity contribution in [2.45, 2.75) is 90.3 Å². The highest BCUT2D eigenvalue weighted by Gasteiger charge is 2.41. The molecule has 0 bridgehead atoms. The van der Waals surface area contributed by atoms with Crippen LogP contribution in [0.5, 0.6) is 0 Å². The van der Waals surface area contributed by atoms with E-state index in [9.17, 15) is 17.6 Å². The fourth-order valence-corrected chi connectivity index (χ4v) is 5.11. The van der Waals surface area contributed by atoms with Gasteiger partial charge in [0.15, 0.2) is 0 Å². The molecule has 3 rings (SSSR count). The zero-order chi connectivity index (χ0) is 26.1. The van der Waals surface area contributed by atoms with Gasteiger partial charge < -0.3 is 4.74 Å². The summed E-state index contributed by atoms with van der Waals surface area (Å²) >= 11 is 0. The number of allylic oxidation sites excluding steroid dienone is 4. The molecule has 36 heavy (non-hydrogen) atoms. The van der Waals surface area contributed by atoms with Crippen LogP contribution in [0.4, 0.5) is 17.6 Å². The fraction of sp³-hybridized carbons (Fsp3) is 0.484. The molecule has 196 valence electrons. The SMILES string of the molecule is C/C=C/CCc1ccc(C(C)OC(F)(F)c2c(F)cc(C3CCC(CC/C=C/C)CC3)cc2F)cc1. The lowest BCUT2D eigenvalue weighted by atomic mass is 9.77. The van der Waals surface area contributed by atoms with E-state index < -0.39 is 29.4 Å². The number of hydrogen-bond donors (Lipinski definition) is 0. The average Bonchev–Trinajstić information content (AvgIpc) is 2.84. The highest BCUT2D eigenvalue weighted by Crippen LogP contribution is 2.42. The molecule has 0 aliphatic heterocycles. The first-order valence-electron chi connectivity index (χ1n) is 13.1. The topological polar surface area (TPSA) is 9.23 Å². The van der Waals surface area contributed by atoms with E-state index in [0.29, 0.717) is 17.0 Å². The van der Waals surface area contributed by atoms with Gasteiger partial charge in [0.2, 0.25) is 0 Å². The Kier molecular flexibility index (Phi) is 10.4. The van der Waals surface area contributed by atoms with Crippen molar-refractivity contribution >= 4 is 0 Å². The van der Waals surface area contributed by atoms with E-state index in [0.717, 1.165) is 69.1 Å². The molecule has 1 atom stereocenters. The van der Waals surface area contributed by atoms with Crippen LogP contribution in [-0.4, -0.2) is 0 Å². The Hall–Kier alpha value is -2.40. The Balaban J connectivity index is 1.65. The molecule has 1 unspecified atom stereocenters. The average molecular weight is 503 g/mol. The normalized spacial score (nSPS) is 19.9. The first-order chi connectivity index (χ1) is 17.2. The Morgan fingerprint density at radius 1 is 0.917 bits per heavy atom. The van der Waals surface area contributed by atoms with Crippen LogP contribution in [0.1, 0.15) is 100.0 Å². The summed E-state index contributed by atoms with van der Waals surface area (Å²) in [4.78, 5) is 0. The maximum absolute atomic E-state index is 15.0. The van der Waals surface area contributed by atoms with Crippen molar-refractivity contribution in [2.24, 2.45) is 5.92 Å². The Labute approximate surface area is 213 Å². The van der Waals surface area contributed by atoms with E-state index in [4.69, 9.17) is 4.74 Å². The second-order valence-electron chi connectivity index (χ2n) is 9.85. The van der Waals surface area contributed by atoms with Crippen LogP contribution in [0.3, 0.4) is 0 Å². The molecule has 0 N–H and O–H groups in total. The molecule has 5 heteroatoms. The van der Waals surface area contributed by atoms with E-state index in [1.165, 1.54) is 6.92 Å². The van der Waals surface area contributed by atoms with Crippen molar-refractivity contribution in [2.75, 3.05) is 0 Å². The Morgan fingerprint density at radius 3 is 2.08 bits per heavy atom. The molecule has 2 aromatic carbocycles. The van der Waals surface area contributed by atoms with Crippen LogP contribution in [0, 0.1) is 17.6 Å². The largest absolute Gasteiger partial charge is 0.389 e. The molecule has 1 fully saturated rings. The maximum Gasteiger partial charge on any atom is 0.389 e. The second kappa shape index (κ2) is 13.2. The predicted molar refractivity (Wildman–Crippen MR) is 138 cm³/mol. The van der Waals surface area contributed by atoms with Crippen molar-refractivity contribution in [3.05, 3.63) is 94.6 Å². The summed E-state index contributed by atoms with van der Waals surface area (Å²) in [7, 11) is 0. The van der Waals surface area contributed by atoms with E-state index in [-0.39, 0.29) is 5.92 Å². The van der Waals surface area contributed by atoms with Gasteiger partial charge in [-0.1, -0.05) is 48.6 Å². The summed E-state index contributed by atoms with van der Waals surface area (Å²) in [6.45, 7) is 5.42. The van der Waals surface area contributed by atoms with Crippen LogP contribution in [0.25, 0.3) is 0 Å². The van der Waals surface area contributed by atoms with Crippen molar-refractivity contribution in [3.8, 4) is 0 Å². The number of rotatable bonds is 11. The summed E-state index contributed by atoms with van der Waals surface area (Å²) in [5.41, 5.74) is 0.738. The molecule has 0 aromatic heterocycles. The molecule has 0 amide bonds. The third-order valence-corrected chi connectivity index (χ3v) is 7.26. The third-order valence-electron chi connectivity index (χ3n) is 7.26. The lowest BCUT2D eigenvalue weighted by molar-refractivity contribution is -0.275. The van der Waals surface area contributed by atoms with Crippen molar-refractivity contribution < 1.29 is 22.3 Å². The molecule has 1 saturated carbocycles. The zero-order valence-electron chi connectivity index (χ0n) is 21.6. The van der Waals surface area contributed by atoms with Crippen LogP contribution >= 0.6 is 0 Å². The molecule has 0 heterocycles. The van der Waals surface area contributed by atoms with Crippen LogP contribution in [0.2, 0.25) is 0 Å². The van der Waals surface area contributed by atoms with Gasteiger partial charge in [-0.2, -0.15) is 8.78 Å². The fourth-order valence-electron chi connectivity index (χ4n) is 5.11. The lowest BCUT2D eigenvalue weighted by Gasteiger charge is -2.29. The van der Waals surface area contributed by atoms with E-state index >= 15 is 0 Å². The quantitative estimate of drug-likeness (QED) is 0.219. The van der Waals surface area contributed by atoms with Crippen LogP contribution in [0.15, 0.2) is 60.7 Å². The molecule has 1 nitrogen and oxygen atoms in total. The van der Waals surface area contributed by atoms with Gasteiger partial charge in [0.25, 0.3) is 0 Å². The minimum atomic E-state index is -4.10. The molecule has 0 spiro atoms. The molecular formula is C31H38F4O. The van der Waals surface area contributed by atoms with Gasteiger partial charge in [-0.3, -0.25) is 0 Å². The Morgan fingerprint density at radius 2 is 1.50 bits per heavy atom. The van der Waals surface area contributed by atoms with Crippen molar-refractivity contribution in [3.63, 3.8) is 0 Å². The Bertz CT molecular complexity index is 994. The summed E-state index contributed by atoms with van der Waals surface area (Å²) in [6, 6.07) is 9.31. The number of benzene rings is 2. The highest BCUT2D eigenvalue weighted by atomic mass is 19.3. The first kappa shape index (κ1) is 28.2. The van der Waals surface area contributed by atoms with Crippen molar-refractivity contribution in [1.82, 2.24) is 0 Å². The summed E-state index contributed by atoms with van der Waals surface area (Å²) < 4.78 is 64.6. The van der Waals surface area contributed by atoms with Gasteiger partial charge in [0.05, 0.1) is 6.10 Å². The third kappa shape index (κ3) is 7.55. The monoisotopic (exact) mass is 502 g/mol. The molecule has 1 aliphatic carbocycles. The summed E-state index contributed by atoms with van der Waals surface area (Å²) in [6.07, 6.45) is 10.6. The molecule has 0 radical (unpaired) electrons. The number of aryl methyl sites for hydroxylation is 1. The van der Waals surface area contributed by atoms with Gasteiger partial charge in [-0.15, -0.1) is 0 Å². The van der Waals surface area contributed by atoms with Gasteiger partial charge in [0, 0.05) is 0 Å². The summed E-state index contributed by atoms with van der Waals surface area (Å²) in [5.74, 6) is -1.91. The summed E-state index contributed by atoms with van der Waals surface area (Å²) in [5, 5.41) is 0. The number of alkyl halides is 2. The number of halogens is 4. The number of hydrogen-bond acceptors (Lipinski definition) is 1. The molecular weight excluding hydrogens is 464 g/mol. The standard InChI is InChI=1S/C31H38F4O/c1-4-6-8-10-23-12-16-25(17-13-23)22(3)36-31(34,35)30-28(32)20-27(21-29(30)33)26-18-14-24(15-19-26)11-9-7-5-2/h4-7,12-13,16-17,20-22,24,26H,8-11,14-15,18-19H2,1-3H3/b6-4+,7-5+. The minimum Gasteiger partial charge on any atom is -0.309 e. The molecule has 0 saturated heterocycles. The first-order valence-corrected chi connectivity index (χ1v) is 13.1. The molecule has 1 aliphatic rings. The highest BCUT2D eigenvalue weighted by molar-refractivity contribution is 5.31. The minimum absolute atomic E-state index is 0.0131. The smallest absolute Gasteiger partial charge is 0.309 e. The van der Waals surface area contributed by atoms with E-state index in [2.05, 4.69) is 12.2 Å². The van der Waals surface area contributed by atoms with Crippen LogP contribution in [-0.2, 0) is 17.3 Å². The molecule has 2 aromatic rings. The van der Waals surface area contributed by atoms with E-state index in [1.807, 2.05) is 38.1 Å². The maximum atomic E-state index is 15.0. The van der Waals surface area contributed by atoms with Crippen LogP contribution < -0.4 is 0 Å². The van der Waals surface area contributed by atoms with E-state index in [1.54, 1.807) is 12.1 Å². The zero-order valence-corrected chi connectivity index (χ0v) is 21.6. The predicted octanol–water partition coefficient (Wildman–Crippen LogP) is 9.93. The number of ether oxygens (including phenoxy) is 1. The van der Waals surface area contributed by atoms with Crippen molar-refractivity contribution in [1.29, 1.82) is 0 Å². The second-order valence-corrected chi connectivity index (χ2v) is 9.85. The van der Waals surface area contributed by atoms with Gasteiger partial charge in [0.1, 0.15) is 17.2 Å².